The fourth-order valence-corrected chi connectivity index (χ4v) is 1.88. The molecule has 7 nitrogen and oxygen atoms in total. The molecule has 0 saturated heterocycles. The number of pyridine rings is 1. The zero-order valence-corrected chi connectivity index (χ0v) is 11.7. The Morgan fingerprint density at radius 3 is 2.62 bits per heavy atom. The molecule has 0 atom stereocenters. The molecule has 0 spiro atoms. The summed E-state index contributed by atoms with van der Waals surface area (Å²) in [6, 6.07) is 3.86. The summed E-state index contributed by atoms with van der Waals surface area (Å²) in [5.41, 5.74) is 8.97. The molecule has 3 aromatic heterocycles. The first-order chi connectivity index (χ1) is 10.2. The van der Waals surface area contributed by atoms with E-state index in [1.54, 1.807) is 12.4 Å². The predicted molar refractivity (Wildman–Crippen MR) is 78.7 cm³/mol. The number of hydrogen-bond donors (Lipinski definition) is 1. The van der Waals surface area contributed by atoms with Crippen LogP contribution in [0.1, 0.15) is 12.5 Å². The van der Waals surface area contributed by atoms with Crippen molar-refractivity contribution in [1.29, 1.82) is 0 Å². The molecule has 0 aliphatic heterocycles. The first-order valence-corrected chi connectivity index (χ1v) is 6.53. The second kappa shape index (κ2) is 5.28. The molecule has 0 saturated carbocycles. The average molecular weight is 282 g/mol. The first-order valence-electron chi connectivity index (χ1n) is 6.53. The van der Waals surface area contributed by atoms with Gasteiger partial charge in [-0.3, -0.25) is 4.98 Å². The van der Waals surface area contributed by atoms with E-state index in [1.807, 2.05) is 26.0 Å². The van der Waals surface area contributed by atoms with E-state index in [9.17, 15) is 0 Å². The minimum atomic E-state index is 0.112. The van der Waals surface area contributed by atoms with Crippen LogP contribution in [0.3, 0.4) is 0 Å². The van der Waals surface area contributed by atoms with Crippen LogP contribution in [0, 0.1) is 6.92 Å². The lowest BCUT2D eigenvalue weighted by molar-refractivity contribution is 0.330. The molecule has 0 fully saturated rings. The summed E-state index contributed by atoms with van der Waals surface area (Å²) in [6.45, 7) is 4.30. The molecule has 0 amide bonds. The van der Waals surface area contributed by atoms with Crippen LogP contribution in [0.5, 0.6) is 5.88 Å². The summed E-state index contributed by atoms with van der Waals surface area (Å²) in [7, 11) is 0. The van der Waals surface area contributed by atoms with Gasteiger partial charge in [-0.2, -0.15) is 9.97 Å². The minimum Gasteiger partial charge on any atom is -0.476 e. The van der Waals surface area contributed by atoms with Gasteiger partial charge >= 0.3 is 0 Å². The van der Waals surface area contributed by atoms with Crippen LogP contribution < -0.4 is 10.5 Å². The van der Waals surface area contributed by atoms with Gasteiger partial charge in [-0.15, -0.1) is 0 Å². The molecule has 21 heavy (non-hydrogen) atoms. The van der Waals surface area contributed by atoms with E-state index in [2.05, 4.69) is 24.9 Å². The zero-order chi connectivity index (χ0) is 14.8. The van der Waals surface area contributed by atoms with Crippen molar-refractivity contribution in [2.75, 3.05) is 12.3 Å². The minimum absolute atomic E-state index is 0.112. The van der Waals surface area contributed by atoms with Crippen molar-refractivity contribution in [3.8, 4) is 17.3 Å². The Labute approximate surface area is 121 Å². The first kappa shape index (κ1) is 13.2. The zero-order valence-electron chi connectivity index (χ0n) is 11.7. The van der Waals surface area contributed by atoms with Gasteiger partial charge in [0.25, 0.3) is 0 Å². The number of nitrogens with zero attached hydrogens (tertiary/aromatic N) is 5. The second-order valence-corrected chi connectivity index (χ2v) is 4.47. The smallest absolute Gasteiger partial charge is 0.247 e. The summed E-state index contributed by atoms with van der Waals surface area (Å²) in [4.78, 5) is 21.2. The van der Waals surface area contributed by atoms with Crippen LogP contribution in [0.15, 0.2) is 24.5 Å². The third-order valence-corrected chi connectivity index (χ3v) is 2.85. The van der Waals surface area contributed by atoms with Gasteiger partial charge in [0, 0.05) is 6.20 Å². The summed E-state index contributed by atoms with van der Waals surface area (Å²) >= 11 is 0. The topological polar surface area (TPSA) is 99.7 Å². The Hall–Kier alpha value is -2.83. The summed E-state index contributed by atoms with van der Waals surface area (Å²) in [5.74, 6) is 0.447. The molecule has 7 heteroatoms. The molecular formula is C14H14N6O. The van der Waals surface area contributed by atoms with Crippen molar-refractivity contribution in [2.45, 2.75) is 13.8 Å². The lowest BCUT2D eigenvalue weighted by atomic mass is 10.2. The molecular weight excluding hydrogens is 268 g/mol. The Balaban J connectivity index is 2.16. The third kappa shape index (κ3) is 2.58. The molecule has 0 aliphatic carbocycles. The van der Waals surface area contributed by atoms with E-state index < -0.39 is 0 Å². The van der Waals surface area contributed by atoms with Crippen molar-refractivity contribution >= 4 is 17.1 Å². The predicted octanol–water partition coefficient (Wildman–Crippen LogP) is 1.77. The Morgan fingerprint density at radius 2 is 1.90 bits per heavy atom. The fraction of sp³-hybridized carbons (Fsp3) is 0.214. The van der Waals surface area contributed by atoms with E-state index in [1.165, 1.54) is 0 Å². The SMILES string of the molecule is CCOc1nc(N)nc2ncc(-c3ccc(C)cn3)nc12. The number of ether oxygens (including phenoxy) is 1. The number of fused-ring (bicyclic) bond motifs is 1. The Kier molecular flexibility index (Phi) is 3.31. The quantitative estimate of drug-likeness (QED) is 0.781. The Bertz CT molecular complexity index is 787. The van der Waals surface area contributed by atoms with Gasteiger partial charge in [0.1, 0.15) is 5.69 Å². The van der Waals surface area contributed by atoms with E-state index in [0.717, 1.165) is 11.3 Å². The highest BCUT2D eigenvalue weighted by atomic mass is 16.5. The van der Waals surface area contributed by atoms with Crippen LogP contribution in [0.25, 0.3) is 22.6 Å². The van der Waals surface area contributed by atoms with Gasteiger partial charge < -0.3 is 10.5 Å². The number of aromatic nitrogens is 5. The lowest BCUT2D eigenvalue weighted by Gasteiger charge is -2.07. The second-order valence-electron chi connectivity index (χ2n) is 4.47. The molecule has 3 rings (SSSR count). The monoisotopic (exact) mass is 282 g/mol. The lowest BCUT2D eigenvalue weighted by Crippen LogP contribution is -2.04. The standard InChI is InChI=1S/C14H14N6O/c1-3-21-13-11-12(19-14(15)20-13)17-7-10(18-11)9-5-4-8(2)6-16-9/h4-7H,3H2,1-2H3,(H2,15,17,19,20). The summed E-state index contributed by atoms with van der Waals surface area (Å²) in [6.07, 6.45) is 3.40. The van der Waals surface area contributed by atoms with Crippen LogP contribution in [0.2, 0.25) is 0 Å². The normalized spacial score (nSPS) is 10.8. The maximum absolute atomic E-state index is 5.64. The van der Waals surface area contributed by atoms with Gasteiger partial charge in [0.05, 0.1) is 18.5 Å². The maximum atomic E-state index is 5.64. The van der Waals surface area contributed by atoms with Crippen molar-refractivity contribution in [3.63, 3.8) is 0 Å². The average Bonchev–Trinajstić information content (AvgIpc) is 2.48. The van der Waals surface area contributed by atoms with Crippen molar-refractivity contribution in [2.24, 2.45) is 0 Å². The van der Waals surface area contributed by atoms with Crippen LogP contribution >= 0.6 is 0 Å². The summed E-state index contributed by atoms with van der Waals surface area (Å²) < 4.78 is 5.46. The van der Waals surface area contributed by atoms with Crippen molar-refractivity contribution < 1.29 is 4.74 Å². The van der Waals surface area contributed by atoms with Gasteiger partial charge in [0.15, 0.2) is 11.2 Å². The molecule has 0 aromatic carbocycles. The van der Waals surface area contributed by atoms with E-state index in [0.29, 0.717) is 29.3 Å². The maximum Gasteiger partial charge on any atom is 0.247 e. The molecule has 2 N–H and O–H groups in total. The highest BCUT2D eigenvalue weighted by Gasteiger charge is 2.12. The molecule has 3 aromatic rings. The number of rotatable bonds is 3. The van der Waals surface area contributed by atoms with E-state index >= 15 is 0 Å². The third-order valence-electron chi connectivity index (χ3n) is 2.85. The molecule has 0 bridgehead atoms. The van der Waals surface area contributed by atoms with Crippen LogP contribution in [-0.2, 0) is 0 Å². The largest absolute Gasteiger partial charge is 0.476 e. The highest BCUT2D eigenvalue weighted by Crippen LogP contribution is 2.23. The van der Waals surface area contributed by atoms with Crippen molar-refractivity contribution in [1.82, 2.24) is 24.9 Å². The summed E-state index contributed by atoms with van der Waals surface area (Å²) in [5, 5.41) is 0. The number of aryl methyl sites for hydroxylation is 1. The number of nitrogens with two attached hydrogens (primary N) is 1. The number of nitrogen functional groups attached to an aromatic ring is 1. The van der Waals surface area contributed by atoms with Gasteiger partial charge in [-0.25, -0.2) is 9.97 Å². The van der Waals surface area contributed by atoms with Crippen molar-refractivity contribution in [3.05, 3.63) is 30.1 Å². The molecule has 3 heterocycles. The molecule has 0 aliphatic rings. The Morgan fingerprint density at radius 1 is 1.05 bits per heavy atom. The van der Waals surface area contributed by atoms with Crippen LogP contribution in [-0.4, -0.2) is 31.5 Å². The molecule has 106 valence electrons. The highest BCUT2D eigenvalue weighted by molar-refractivity contribution is 5.78. The fourth-order valence-electron chi connectivity index (χ4n) is 1.88. The van der Waals surface area contributed by atoms with Crippen LogP contribution in [0.4, 0.5) is 5.95 Å². The number of hydrogen-bond acceptors (Lipinski definition) is 7. The molecule has 0 unspecified atom stereocenters. The number of anilines is 1. The van der Waals surface area contributed by atoms with E-state index in [4.69, 9.17) is 10.5 Å². The molecule has 0 radical (unpaired) electrons. The van der Waals surface area contributed by atoms with Gasteiger partial charge in [-0.1, -0.05) is 6.07 Å². The van der Waals surface area contributed by atoms with E-state index in [-0.39, 0.29) is 5.95 Å². The van der Waals surface area contributed by atoms with Gasteiger partial charge in [-0.05, 0) is 25.5 Å². The van der Waals surface area contributed by atoms with Gasteiger partial charge in [0.2, 0.25) is 11.8 Å².